The summed E-state index contributed by atoms with van der Waals surface area (Å²) in [5, 5.41) is 3.27. The first kappa shape index (κ1) is 12.3. The van der Waals surface area contributed by atoms with Gasteiger partial charge in [-0.15, -0.1) is 0 Å². The fourth-order valence-corrected chi connectivity index (χ4v) is 1.60. The minimum absolute atomic E-state index is 0.706. The van der Waals surface area contributed by atoms with Crippen molar-refractivity contribution in [2.75, 3.05) is 30.9 Å². The molecule has 0 saturated heterocycles. The lowest BCUT2D eigenvalue weighted by Gasteiger charge is -2.11. The Kier molecular flexibility index (Phi) is 3.76. The molecule has 2 heterocycles. The molecule has 2 aromatic heterocycles. The zero-order valence-corrected chi connectivity index (χ0v) is 11.0. The lowest BCUT2D eigenvalue weighted by atomic mass is 10.4. The second-order valence-electron chi connectivity index (χ2n) is 4.27. The number of rotatable bonds is 5. The van der Waals surface area contributed by atoms with Crippen molar-refractivity contribution in [2.45, 2.75) is 6.42 Å². The lowest BCUT2D eigenvalue weighted by molar-refractivity contribution is 0.788. The molecule has 1 N–H and O–H groups in total. The fourth-order valence-electron chi connectivity index (χ4n) is 1.60. The molecule has 96 valence electrons. The van der Waals surface area contributed by atoms with Crippen molar-refractivity contribution < 1.29 is 0 Å². The highest BCUT2D eigenvalue weighted by atomic mass is 15.2. The third-order valence-electron chi connectivity index (χ3n) is 2.62. The number of hydrogen-bond donors (Lipinski definition) is 1. The number of nitrogens with zero attached hydrogens (tertiary/aromatic N) is 5. The molecular weight excluding hydrogens is 228 g/mol. The molecule has 18 heavy (non-hydrogen) atoms. The molecule has 0 unspecified atom stereocenters. The molecule has 0 aromatic carbocycles. The van der Waals surface area contributed by atoms with Crippen molar-refractivity contribution in [1.82, 2.24) is 19.5 Å². The molecular formula is C12H18N6. The summed E-state index contributed by atoms with van der Waals surface area (Å²) >= 11 is 0. The Labute approximate surface area is 107 Å². The van der Waals surface area contributed by atoms with Crippen molar-refractivity contribution >= 4 is 11.8 Å². The minimum atomic E-state index is 0.706. The van der Waals surface area contributed by atoms with Crippen LogP contribution in [0.2, 0.25) is 0 Å². The van der Waals surface area contributed by atoms with Crippen molar-refractivity contribution in [3.63, 3.8) is 0 Å². The van der Waals surface area contributed by atoms with Gasteiger partial charge in [-0.2, -0.15) is 4.98 Å². The van der Waals surface area contributed by atoms with Gasteiger partial charge in [0.25, 0.3) is 0 Å². The summed E-state index contributed by atoms with van der Waals surface area (Å²) in [7, 11) is 5.84. The molecule has 0 atom stereocenters. The molecule has 6 nitrogen and oxygen atoms in total. The zero-order chi connectivity index (χ0) is 13.0. The molecule has 0 fully saturated rings. The van der Waals surface area contributed by atoms with Gasteiger partial charge in [-0.3, -0.25) is 0 Å². The monoisotopic (exact) mass is 246 g/mol. The second kappa shape index (κ2) is 5.48. The molecule has 0 aliphatic rings. The summed E-state index contributed by atoms with van der Waals surface area (Å²) in [4.78, 5) is 14.7. The molecule has 0 aliphatic heterocycles. The third-order valence-corrected chi connectivity index (χ3v) is 2.62. The van der Waals surface area contributed by atoms with Gasteiger partial charge >= 0.3 is 0 Å². The standard InChI is InChI=1S/C12H18N6/c1-17(2)12-15-6-4-10(16-12)13-7-5-11-14-8-9-18(11)3/h4,6,8-9H,5,7H2,1-3H3,(H,13,15,16). The number of imidazole rings is 1. The number of aryl methyl sites for hydroxylation is 1. The van der Waals surface area contributed by atoms with Gasteiger partial charge in [0.1, 0.15) is 11.6 Å². The van der Waals surface area contributed by atoms with E-state index in [2.05, 4.69) is 20.3 Å². The Morgan fingerprint density at radius 1 is 1.28 bits per heavy atom. The van der Waals surface area contributed by atoms with E-state index in [0.717, 1.165) is 24.6 Å². The number of aromatic nitrogens is 4. The van der Waals surface area contributed by atoms with Gasteiger partial charge in [0.05, 0.1) is 0 Å². The van der Waals surface area contributed by atoms with Gasteiger partial charge in [-0.1, -0.05) is 0 Å². The molecule has 0 bridgehead atoms. The maximum atomic E-state index is 4.39. The normalized spacial score (nSPS) is 10.4. The summed E-state index contributed by atoms with van der Waals surface area (Å²) in [5.74, 6) is 2.60. The van der Waals surface area contributed by atoms with Crippen LogP contribution in [0, 0.1) is 0 Å². The van der Waals surface area contributed by atoms with Gasteiger partial charge in [0.2, 0.25) is 5.95 Å². The highest BCUT2D eigenvalue weighted by molar-refractivity contribution is 5.40. The van der Waals surface area contributed by atoms with E-state index in [0.29, 0.717) is 5.95 Å². The molecule has 6 heteroatoms. The van der Waals surface area contributed by atoms with Crippen LogP contribution < -0.4 is 10.2 Å². The first-order valence-electron chi connectivity index (χ1n) is 5.87. The molecule has 0 spiro atoms. The van der Waals surface area contributed by atoms with Gasteiger partial charge in [0, 0.05) is 52.7 Å². The Morgan fingerprint density at radius 2 is 2.11 bits per heavy atom. The zero-order valence-electron chi connectivity index (χ0n) is 11.0. The maximum Gasteiger partial charge on any atom is 0.226 e. The summed E-state index contributed by atoms with van der Waals surface area (Å²) in [5.41, 5.74) is 0. The van der Waals surface area contributed by atoms with Crippen LogP contribution in [0.1, 0.15) is 5.82 Å². The smallest absolute Gasteiger partial charge is 0.226 e. The Balaban J connectivity index is 1.90. The van der Waals surface area contributed by atoms with Crippen LogP contribution in [-0.4, -0.2) is 40.2 Å². The van der Waals surface area contributed by atoms with E-state index in [-0.39, 0.29) is 0 Å². The fraction of sp³-hybridized carbons (Fsp3) is 0.417. The SMILES string of the molecule is CN(C)c1nccc(NCCc2nccn2C)n1. The third kappa shape index (κ3) is 2.97. The van der Waals surface area contributed by atoms with E-state index in [1.807, 2.05) is 49.1 Å². The van der Waals surface area contributed by atoms with E-state index < -0.39 is 0 Å². The van der Waals surface area contributed by atoms with Crippen LogP contribution in [0.4, 0.5) is 11.8 Å². The average Bonchev–Trinajstić information content (AvgIpc) is 2.76. The molecule has 0 aliphatic carbocycles. The highest BCUT2D eigenvalue weighted by Crippen LogP contribution is 2.07. The Bertz CT molecular complexity index is 505. The van der Waals surface area contributed by atoms with Crippen LogP contribution in [0.15, 0.2) is 24.7 Å². The largest absolute Gasteiger partial charge is 0.369 e. The van der Waals surface area contributed by atoms with Gasteiger partial charge < -0.3 is 14.8 Å². The second-order valence-corrected chi connectivity index (χ2v) is 4.27. The van der Waals surface area contributed by atoms with Gasteiger partial charge in [0.15, 0.2) is 0 Å². The molecule has 2 aromatic rings. The van der Waals surface area contributed by atoms with Crippen molar-refractivity contribution in [3.05, 3.63) is 30.5 Å². The summed E-state index contributed by atoms with van der Waals surface area (Å²) in [6, 6.07) is 1.87. The summed E-state index contributed by atoms with van der Waals surface area (Å²) in [6.07, 6.45) is 6.38. The number of anilines is 2. The quantitative estimate of drug-likeness (QED) is 0.850. The van der Waals surface area contributed by atoms with E-state index in [1.165, 1.54) is 0 Å². The van der Waals surface area contributed by atoms with Crippen LogP contribution in [0.25, 0.3) is 0 Å². The predicted octanol–water partition coefficient (Wildman–Crippen LogP) is 0.931. The van der Waals surface area contributed by atoms with Crippen molar-refractivity contribution in [2.24, 2.45) is 7.05 Å². The first-order valence-corrected chi connectivity index (χ1v) is 5.87. The molecule has 2 rings (SSSR count). The van der Waals surface area contributed by atoms with Crippen LogP contribution in [0.5, 0.6) is 0 Å². The Morgan fingerprint density at radius 3 is 2.78 bits per heavy atom. The molecule has 0 amide bonds. The van der Waals surface area contributed by atoms with E-state index in [9.17, 15) is 0 Å². The van der Waals surface area contributed by atoms with Gasteiger partial charge in [-0.25, -0.2) is 9.97 Å². The van der Waals surface area contributed by atoms with Crippen LogP contribution in [0.3, 0.4) is 0 Å². The van der Waals surface area contributed by atoms with Crippen molar-refractivity contribution in [1.29, 1.82) is 0 Å². The minimum Gasteiger partial charge on any atom is -0.369 e. The average molecular weight is 246 g/mol. The summed E-state index contributed by atoms with van der Waals surface area (Å²) in [6.45, 7) is 0.800. The lowest BCUT2D eigenvalue weighted by Crippen LogP contribution is -2.14. The van der Waals surface area contributed by atoms with Crippen molar-refractivity contribution in [3.8, 4) is 0 Å². The molecule has 0 saturated carbocycles. The van der Waals surface area contributed by atoms with Gasteiger partial charge in [-0.05, 0) is 6.07 Å². The highest BCUT2D eigenvalue weighted by Gasteiger charge is 2.02. The molecule has 0 radical (unpaired) electrons. The van der Waals surface area contributed by atoms with E-state index >= 15 is 0 Å². The van der Waals surface area contributed by atoms with Crippen LogP contribution in [-0.2, 0) is 13.5 Å². The van der Waals surface area contributed by atoms with Crippen LogP contribution >= 0.6 is 0 Å². The van der Waals surface area contributed by atoms with E-state index in [4.69, 9.17) is 0 Å². The predicted molar refractivity (Wildman–Crippen MR) is 71.8 cm³/mol. The van der Waals surface area contributed by atoms with E-state index in [1.54, 1.807) is 6.20 Å². The first-order chi connectivity index (χ1) is 8.66. The maximum absolute atomic E-state index is 4.39. The topological polar surface area (TPSA) is 58.9 Å². The summed E-state index contributed by atoms with van der Waals surface area (Å²) < 4.78 is 2.02. The Hall–Kier alpha value is -2.11. The number of nitrogens with one attached hydrogen (secondary N) is 1. The number of hydrogen-bond acceptors (Lipinski definition) is 5.